The molecule has 0 unspecified atom stereocenters. The predicted octanol–water partition coefficient (Wildman–Crippen LogP) is 0.895. The highest BCUT2D eigenvalue weighted by molar-refractivity contribution is 7.80. The molecule has 0 rings (SSSR count). The van der Waals surface area contributed by atoms with Gasteiger partial charge in [0.1, 0.15) is 0 Å². The molecule has 11 heavy (non-hydrogen) atoms. The fraction of sp³-hybridized carbons (Fsp3) is 1.00. The van der Waals surface area contributed by atoms with E-state index in [1.165, 1.54) is 12.8 Å². The molecule has 0 aromatic carbocycles. The predicted molar refractivity (Wildman–Crippen MR) is 54.5 cm³/mol. The van der Waals surface area contributed by atoms with E-state index in [9.17, 15) is 0 Å². The van der Waals surface area contributed by atoms with Crippen LogP contribution in [0.5, 0.6) is 0 Å². The maximum Gasteiger partial charge on any atom is 0.00397 e. The summed E-state index contributed by atoms with van der Waals surface area (Å²) < 4.78 is 0. The summed E-state index contributed by atoms with van der Waals surface area (Å²) in [7, 11) is 0. The highest BCUT2D eigenvalue weighted by atomic mass is 32.1. The van der Waals surface area contributed by atoms with E-state index < -0.39 is 0 Å². The Morgan fingerprint density at radius 3 is 2.18 bits per heavy atom. The zero-order valence-electron chi connectivity index (χ0n) is 7.40. The molecule has 2 N–H and O–H groups in total. The first-order chi connectivity index (χ1) is 5.41. The van der Waals surface area contributed by atoms with Crippen molar-refractivity contribution >= 4 is 12.6 Å². The minimum atomic E-state index is 0.933. The lowest BCUT2D eigenvalue weighted by molar-refractivity contribution is 0.604. The molecule has 0 saturated heterocycles. The lowest BCUT2D eigenvalue weighted by Gasteiger charge is -2.03. The van der Waals surface area contributed by atoms with Gasteiger partial charge in [-0.25, -0.2) is 0 Å². The summed E-state index contributed by atoms with van der Waals surface area (Å²) in [4.78, 5) is 0. The van der Waals surface area contributed by atoms with Crippen molar-refractivity contribution in [3.8, 4) is 0 Å². The molecule has 68 valence electrons. The third-order valence-corrected chi connectivity index (χ3v) is 1.65. The fourth-order valence-electron chi connectivity index (χ4n) is 0.844. The van der Waals surface area contributed by atoms with Crippen molar-refractivity contribution in [1.82, 2.24) is 10.6 Å². The summed E-state index contributed by atoms with van der Waals surface area (Å²) in [6.45, 7) is 6.60. The van der Waals surface area contributed by atoms with Crippen LogP contribution in [-0.4, -0.2) is 31.9 Å². The van der Waals surface area contributed by atoms with Crippen LogP contribution >= 0.6 is 12.6 Å². The first kappa shape index (κ1) is 11.3. The first-order valence-corrected chi connectivity index (χ1v) is 5.07. The quantitative estimate of drug-likeness (QED) is 0.378. The number of thiol groups is 1. The van der Waals surface area contributed by atoms with Crippen LogP contribution in [0.25, 0.3) is 0 Å². The van der Waals surface area contributed by atoms with Crippen LogP contribution in [-0.2, 0) is 0 Å². The van der Waals surface area contributed by atoms with E-state index in [4.69, 9.17) is 0 Å². The first-order valence-electron chi connectivity index (χ1n) is 4.44. The molecule has 0 amide bonds. The van der Waals surface area contributed by atoms with E-state index in [1.54, 1.807) is 0 Å². The molecule has 0 aromatic rings. The smallest absolute Gasteiger partial charge is 0.00397 e. The van der Waals surface area contributed by atoms with Crippen LogP contribution < -0.4 is 10.6 Å². The highest BCUT2D eigenvalue weighted by Gasteiger charge is 1.86. The topological polar surface area (TPSA) is 24.1 Å². The second kappa shape index (κ2) is 10.3. The van der Waals surface area contributed by atoms with E-state index in [1.807, 2.05) is 0 Å². The second-order valence-electron chi connectivity index (χ2n) is 2.58. The number of hydrogen-bond acceptors (Lipinski definition) is 3. The monoisotopic (exact) mass is 176 g/mol. The van der Waals surface area contributed by atoms with Crippen molar-refractivity contribution in [2.45, 2.75) is 19.8 Å². The van der Waals surface area contributed by atoms with Gasteiger partial charge in [-0.3, -0.25) is 0 Å². The van der Waals surface area contributed by atoms with E-state index in [0.717, 1.165) is 31.9 Å². The van der Waals surface area contributed by atoms with Crippen molar-refractivity contribution in [3.63, 3.8) is 0 Å². The van der Waals surface area contributed by atoms with Crippen molar-refractivity contribution < 1.29 is 0 Å². The van der Waals surface area contributed by atoms with Crippen LogP contribution in [0.15, 0.2) is 0 Å². The van der Waals surface area contributed by atoms with Gasteiger partial charge in [-0.1, -0.05) is 6.92 Å². The normalized spacial score (nSPS) is 10.4. The Hall–Kier alpha value is 0.270. The van der Waals surface area contributed by atoms with Gasteiger partial charge in [0.2, 0.25) is 0 Å². The Bertz CT molecular complexity index is 61.1. The second-order valence-corrected chi connectivity index (χ2v) is 3.02. The largest absolute Gasteiger partial charge is 0.317 e. The maximum atomic E-state index is 4.10. The summed E-state index contributed by atoms with van der Waals surface area (Å²) in [5.74, 6) is 0.933. The standard InChI is InChI=1S/C8H20N2S/c1-2-4-9-5-3-6-10-7-8-11/h9-11H,2-8H2,1H3. The van der Waals surface area contributed by atoms with Crippen molar-refractivity contribution in [1.29, 1.82) is 0 Å². The van der Waals surface area contributed by atoms with Crippen molar-refractivity contribution in [2.75, 3.05) is 31.9 Å². The molecule has 0 aliphatic carbocycles. The lowest BCUT2D eigenvalue weighted by atomic mass is 10.4. The van der Waals surface area contributed by atoms with Gasteiger partial charge < -0.3 is 10.6 Å². The van der Waals surface area contributed by atoms with Gasteiger partial charge in [0, 0.05) is 12.3 Å². The summed E-state index contributed by atoms with van der Waals surface area (Å²) in [6.07, 6.45) is 2.44. The minimum absolute atomic E-state index is 0.933. The average Bonchev–Trinajstić information content (AvgIpc) is 2.03. The van der Waals surface area contributed by atoms with Crippen molar-refractivity contribution in [3.05, 3.63) is 0 Å². The maximum absolute atomic E-state index is 4.10. The number of hydrogen-bond donors (Lipinski definition) is 3. The third kappa shape index (κ3) is 10.3. The van der Waals surface area contributed by atoms with E-state index in [-0.39, 0.29) is 0 Å². The van der Waals surface area contributed by atoms with Crippen LogP contribution in [0.1, 0.15) is 19.8 Å². The molecule has 0 aliphatic rings. The Labute approximate surface area is 75.5 Å². The molecule has 0 bridgehead atoms. The van der Waals surface area contributed by atoms with E-state index >= 15 is 0 Å². The molecule has 0 spiro atoms. The van der Waals surface area contributed by atoms with Crippen molar-refractivity contribution in [2.24, 2.45) is 0 Å². The molecule has 2 nitrogen and oxygen atoms in total. The van der Waals surface area contributed by atoms with Gasteiger partial charge in [0.05, 0.1) is 0 Å². The summed E-state index contributed by atoms with van der Waals surface area (Å²) in [6, 6.07) is 0. The fourth-order valence-corrected chi connectivity index (χ4v) is 1.00. The van der Waals surface area contributed by atoms with Crippen LogP contribution in [0.2, 0.25) is 0 Å². The number of rotatable bonds is 8. The van der Waals surface area contributed by atoms with Gasteiger partial charge in [0.15, 0.2) is 0 Å². The Morgan fingerprint density at radius 2 is 1.64 bits per heavy atom. The Balaban J connectivity index is 2.69. The molecule has 0 fully saturated rings. The van der Waals surface area contributed by atoms with Gasteiger partial charge >= 0.3 is 0 Å². The minimum Gasteiger partial charge on any atom is -0.317 e. The lowest BCUT2D eigenvalue weighted by Crippen LogP contribution is -2.23. The van der Waals surface area contributed by atoms with E-state index in [2.05, 4.69) is 30.2 Å². The molecule has 0 aromatic heterocycles. The van der Waals surface area contributed by atoms with Gasteiger partial charge in [-0.2, -0.15) is 12.6 Å². The molecule has 0 saturated carbocycles. The zero-order valence-corrected chi connectivity index (χ0v) is 8.29. The van der Waals surface area contributed by atoms with Gasteiger partial charge in [0.25, 0.3) is 0 Å². The SMILES string of the molecule is CCCNCCCNCCS. The third-order valence-electron chi connectivity index (χ3n) is 1.42. The molecule has 3 heteroatoms. The molecule has 0 atom stereocenters. The summed E-state index contributed by atoms with van der Waals surface area (Å²) in [5.41, 5.74) is 0. The summed E-state index contributed by atoms with van der Waals surface area (Å²) in [5, 5.41) is 6.65. The van der Waals surface area contributed by atoms with Crippen LogP contribution in [0, 0.1) is 0 Å². The zero-order chi connectivity index (χ0) is 8.36. The molecule has 0 heterocycles. The highest BCUT2D eigenvalue weighted by Crippen LogP contribution is 1.76. The average molecular weight is 176 g/mol. The molecular formula is C8H20N2S. The van der Waals surface area contributed by atoms with Crippen LogP contribution in [0.3, 0.4) is 0 Å². The van der Waals surface area contributed by atoms with Crippen LogP contribution in [0.4, 0.5) is 0 Å². The summed E-state index contributed by atoms with van der Waals surface area (Å²) >= 11 is 4.10. The molecular weight excluding hydrogens is 156 g/mol. The van der Waals surface area contributed by atoms with Gasteiger partial charge in [-0.05, 0) is 32.5 Å². The Morgan fingerprint density at radius 1 is 1.00 bits per heavy atom. The molecule has 0 radical (unpaired) electrons. The van der Waals surface area contributed by atoms with E-state index in [0.29, 0.717) is 0 Å². The van der Waals surface area contributed by atoms with Gasteiger partial charge in [-0.15, -0.1) is 0 Å². The molecule has 0 aliphatic heterocycles. The Kier molecular flexibility index (Phi) is 10.5. The number of nitrogens with one attached hydrogen (secondary N) is 2.